The zero-order chi connectivity index (χ0) is 21.2. The molecule has 1 aromatic heterocycles. The summed E-state index contributed by atoms with van der Waals surface area (Å²) in [6.07, 6.45) is 4.56. The van der Waals surface area contributed by atoms with Gasteiger partial charge in [0.25, 0.3) is 0 Å². The summed E-state index contributed by atoms with van der Waals surface area (Å²) < 4.78 is 11.9. The second-order valence-electron chi connectivity index (χ2n) is 7.21. The molecule has 1 aliphatic heterocycles. The van der Waals surface area contributed by atoms with Gasteiger partial charge in [-0.3, -0.25) is 14.3 Å². The van der Waals surface area contributed by atoms with Crippen LogP contribution in [0.15, 0.2) is 6.07 Å². The van der Waals surface area contributed by atoms with Crippen LogP contribution >= 0.6 is 0 Å². The molecule has 29 heavy (non-hydrogen) atoms. The van der Waals surface area contributed by atoms with Crippen LogP contribution in [0.2, 0.25) is 0 Å². The number of carbonyl (C=O) groups is 3. The predicted molar refractivity (Wildman–Crippen MR) is 108 cm³/mol. The maximum atomic E-state index is 12.4. The SMILES string of the molecule is CCCc1cc(C(=O)OCC)nn1C1CCN(C(=O)CCCC(=O)OCC)CC1. The predicted octanol–water partition coefficient (Wildman–Crippen LogP) is 2.91. The molecule has 1 aromatic rings. The van der Waals surface area contributed by atoms with Gasteiger partial charge in [-0.15, -0.1) is 0 Å². The molecule has 0 atom stereocenters. The van der Waals surface area contributed by atoms with Gasteiger partial charge in [0.1, 0.15) is 0 Å². The average molecular weight is 408 g/mol. The number of hydrogen-bond donors (Lipinski definition) is 0. The van der Waals surface area contributed by atoms with Gasteiger partial charge >= 0.3 is 11.9 Å². The van der Waals surface area contributed by atoms with E-state index in [-0.39, 0.29) is 24.3 Å². The number of carbonyl (C=O) groups excluding carboxylic acids is 3. The van der Waals surface area contributed by atoms with Crippen LogP contribution in [0.3, 0.4) is 0 Å². The number of hydrogen-bond acceptors (Lipinski definition) is 6. The third kappa shape index (κ3) is 6.58. The maximum Gasteiger partial charge on any atom is 0.358 e. The smallest absolute Gasteiger partial charge is 0.358 e. The van der Waals surface area contributed by atoms with Gasteiger partial charge in [0.2, 0.25) is 5.91 Å². The van der Waals surface area contributed by atoms with Crippen molar-refractivity contribution in [2.24, 2.45) is 0 Å². The first-order valence-corrected chi connectivity index (χ1v) is 10.7. The standard InChI is InChI=1S/C21H33N3O5/c1-4-8-17-15-18(21(27)29-6-3)22-24(17)16-11-13-23(14-12-16)19(25)9-7-10-20(26)28-5-2/h15-16H,4-14H2,1-3H3. The second kappa shape index (κ2) is 11.6. The summed E-state index contributed by atoms with van der Waals surface area (Å²) >= 11 is 0. The first kappa shape index (κ1) is 22.9. The summed E-state index contributed by atoms with van der Waals surface area (Å²) in [6.45, 7) is 7.65. The van der Waals surface area contributed by atoms with Gasteiger partial charge in [-0.25, -0.2) is 4.79 Å². The number of rotatable bonds is 10. The van der Waals surface area contributed by atoms with Gasteiger partial charge in [-0.1, -0.05) is 13.3 Å². The molecule has 2 heterocycles. The molecule has 1 amide bonds. The highest BCUT2D eigenvalue weighted by Gasteiger charge is 2.27. The van der Waals surface area contributed by atoms with Gasteiger partial charge in [0.05, 0.1) is 19.3 Å². The summed E-state index contributed by atoms with van der Waals surface area (Å²) in [5.41, 5.74) is 1.39. The van der Waals surface area contributed by atoms with Crippen LogP contribution in [0.4, 0.5) is 0 Å². The third-order valence-corrected chi connectivity index (χ3v) is 5.04. The van der Waals surface area contributed by atoms with Gasteiger partial charge in [-0.05, 0) is 45.6 Å². The fraction of sp³-hybridized carbons (Fsp3) is 0.714. The number of nitrogens with zero attached hydrogens (tertiary/aromatic N) is 3. The highest BCUT2D eigenvalue weighted by Crippen LogP contribution is 2.25. The van der Waals surface area contributed by atoms with Crippen molar-refractivity contribution in [1.29, 1.82) is 0 Å². The number of amides is 1. The minimum absolute atomic E-state index is 0.0780. The van der Waals surface area contributed by atoms with E-state index in [1.807, 2.05) is 15.6 Å². The Morgan fingerprint density at radius 1 is 1.07 bits per heavy atom. The van der Waals surface area contributed by atoms with Crippen LogP contribution in [-0.4, -0.2) is 58.8 Å². The Bertz CT molecular complexity index is 692. The Kier molecular flexibility index (Phi) is 9.15. The van der Waals surface area contributed by atoms with E-state index in [0.717, 1.165) is 31.4 Å². The van der Waals surface area contributed by atoms with E-state index < -0.39 is 5.97 Å². The van der Waals surface area contributed by atoms with E-state index in [1.54, 1.807) is 13.8 Å². The minimum Gasteiger partial charge on any atom is -0.466 e. The number of aromatic nitrogens is 2. The maximum absolute atomic E-state index is 12.4. The summed E-state index contributed by atoms with van der Waals surface area (Å²) in [6, 6.07) is 2.00. The molecule has 0 N–H and O–H groups in total. The molecular weight excluding hydrogens is 374 g/mol. The lowest BCUT2D eigenvalue weighted by Crippen LogP contribution is -2.39. The Balaban J connectivity index is 1.90. The largest absolute Gasteiger partial charge is 0.466 e. The minimum atomic E-state index is -0.391. The quantitative estimate of drug-likeness (QED) is 0.554. The molecule has 0 radical (unpaired) electrons. The molecule has 2 rings (SSSR count). The van der Waals surface area contributed by atoms with Crippen molar-refractivity contribution < 1.29 is 23.9 Å². The first-order valence-electron chi connectivity index (χ1n) is 10.7. The number of ether oxygens (including phenoxy) is 2. The average Bonchev–Trinajstić information content (AvgIpc) is 3.13. The number of esters is 2. The van der Waals surface area contributed by atoms with E-state index in [9.17, 15) is 14.4 Å². The van der Waals surface area contributed by atoms with Gasteiger partial charge in [0.15, 0.2) is 5.69 Å². The van der Waals surface area contributed by atoms with E-state index in [4.69, 9.17) is 9.47 Å². The Morgan fingerprint density at radius 3 is 2.38 bits per heavy atom. The van der Waals surface area contributed by atoms with Crippen molar-refractivity contribution in [2.75, 3.05) is 26.3 Å². The number of aryl methyl sites for hydroxylation is 1. The van der Waals surface area contributed by atoms with Crippen LogP contribution in [0.5, 0.6) is 0 Å². The Hall–Kier alpha value is -2.38. The fourth-order valence-corrected chi connectivity index (χ4v) is 3.63. The summed E-state index contributed by atoms with van der Waals surface area (Å²) in [7, 11) is 0. The topological polar surface area (TPSA) is 90.7 Å². The normalized spacial score (nSPS) is 14.7. The molecule has 1 aliphatic rings. The van der Waals surface area contributed by atoms with Gasteiger partial charge < -0.3 is 14.4 Å². The van der Waals surface area contributed by atoms with Gasteiger partial charge in [-0.2, -0.15) is 5.10 Å². The van der Waals surface area contributed by atoms with Gasteiger partial charge in [0, 0.05) is 31.6 Å². The molecule has 0 aliphatic carbocycles. The Labute approximate surface area is 172 Å². The highest BCUT2D eigenvalue weighted by atomic mass is 16.5. The van der Waals surface area contributed by atoms with E-state index in [1.165, 1.54) is 0 Å². The third-order valence-electron chi connectivity index (χ3n) is 5.04. The van der Waals surface area contributed by atoms with E-state index in [2.05, 4.69) is 12.0 Å². The van der Waals surface area contributed by atoms with Crippen molar-refractivity contribution in [3.63, 3.8) is 0 Å². The lowest BCUT2D eigenvalue weighted by Gasteiger charge is -2.33. The molecule has 162 valence electrons. The van der Waals surface area contributed by atoms with Crippen LogP contribution < -0.4 is 0 Å². The van der Waals surface area contributed by atoms with Crippen LogP contribution in [0.1, 0.15) is 81.5 Å². The number of piperidine rings is 1. The van der Waals surface area contributed by atoms with Crippen molar-refractivity contribution in [2.45, 2.75) is 71.8 Å². The molecule has 8 heteroatoms. The van der Waals surface area contributed by atoms with Crippen molar-refractivity contribution in [3.8, 4) is 0 Å². The molecule has 0 bridgehead atoms. The zero-order valence-electron chi connectivity index (χ0n) is 17.8. The monoisotopic (exact) mass is 407 g/mol. The Morgan fingerprint density at radius 2 is 1.76 bits per heavy atom. The molecular formula is C21H33N3O5. The van der Waals surface area contributed by atoms with Crippen LogP contribution in [0, 0.1) is 0 Å². The highest BCUT2D eigenvalue weighted by molar-refractivity contribution is 5.87. The van der Waals surface area contributed by atoms with Crippen molar-refractivity contribution in [1.82, 2.24) is 14.7 Å². The number of likely N-dealkylation sites (tertiary alicyclic amines) is 1. The lowest BCUT2D eigenvalue weighted by atomic mass is 10.0. The second-order valence-corrected chi connectivity index (χ2v) is 7.21. The van der Waals surface area contributed by atoms with E-state index in [0.29, 0.717) is 44.8 Å². The molecule has 1 fully saturated rings. The molecule has 0 aromatic carbocycles. The first-order chi connectivity index (χ1) is 14.0. The molecule has 0 spiro atoms. The summed E-state index contributed by atoms with van der Waals surface area (Å²) in [5.74, 6) is -0.564. The fourth-order valence-electron chi connectivity index (χ4n) is 3.63. The molecule has 0 saturated carbocycles. The summed E-state index contributed by atoms with van der Waals surface area (Å²) in [4.78, 5) is 37.7. The van der Waals surface area contributed by atoms with Crippen molar-refractivity contribution >= 4 is 17.8 Å². The zero-order valence-corrected chi connectivity index (χ0v) is 17.8. The van der Waals surface area contributed by atoms with Crippen LogP contribution in [0.25, 0.3) is 0 Å². The van der Waals surface area contributed by atoms with Crippen LogP contribution in [-0.2, 0) is 25.5 Å². The molecule has 0 unspecified atom stereocenters. The lowest BCUT2D eigenvalue weighted by molar-refractivity contribution is -0.143. The van der Waals surface area contributed by atoms with E-state index >= 15 is 0 Å². The molecule has 1 saturated heterocycles. The summed E-state index contributed by atoms with van der Waals surface area (Å²) in [5, 5.41) is 4.51. The molecule has 8 nitrogen and oxygen atoms in total. The van der Waals surface area contributed by atoms with Crippen molar-refractivity contribution in [3.05, 3.63) is 17.5 Å².